The molecule has 30 heavy (non-hydrogen) atoms. The van der Waals surface area contributed by atoms with E-state index >= 15 is 0 Å². The van der Waals surface area contributed by atoms with E-state index in [0.29, 0.717) is 11.4 Å². The zero-order valence-corrected chi connectivity index (χ0v) is 18.3. The average molecular weight is 450 g/mol. The number of benzene rings is 1. The molecule has 0 saturated carbocycles. The summed E-state index contributed by atoms with van der Waals surface area (Å²) in [5.74, 6) is 0.345. The van der Waals surface area contributed by atoms with Crippen LogP contribution in [0.15, 0.2) is 56.6 Å². The Morgan fingerprint density at radius 2 is 2.03 bits per heavy atom. The lowest BCUT2D eigenvalue weighted by Gasteiger charge is -2.18. The highest BCUT2D eigenvalue weighted by atomic mass is 32.2. The van der Waals surface area contributed by atoms with E-state index < -0.39 is 10.0 Å². The van der Waals surface area contributed by atoms with Gasteiger partial charge in [-0.3, -0.25) is 14.4 Å². The number of sulfonamides is 1. The third kappa shape index (κ3) is 5.39. The van der Waals surface area contributed by atoms with Crippen molar-refractivity contribution in [2.75, 3.05) is 23.3 Å². The van der Waals surface area contributed by atoms with Crippen LogP contribution in [0.3, 0.4) is 0 Å². The lowest BCUT2D eigenvalue weighted by molar-refractivity contribution is -0.118. The molecule has 160 valence electrons. The van der Waals surface area contributed by atoms with E-state index in [-0.39, 0.29) is 22.6 Å². The summed E-state index contributed by atoms with van der Waals surface area (Å²) >= 11 is 1.16. The Morgan fingerprint density at radius 1 is 1.27 bits per heavy atom. The lowest BCUT2D eigenvalue weighted by Crippen LogP contribution is -2.25. The number of aromatic nitrogens is 1. The first-order valence-corrected chi connectivity index (χ1v) is 11.7. The van der Waals surface area contributed by atoms with Gasteiger partial charge in [-0.25, -0.2) is 8.42 Å². The summed E-state index contributed by atoms with van der Waals surface area (Å²) < 4.78 is 37.2. The van der Waals surface area contributed by atoms with Crippen LogP contribution in [0.25, 0.3) is 0 Å². The molecule has 0 atom stereocenters. The van der Waals surface area contributed by atoms with Crippen molar-refractivity contribution in [3.63, 3.8) is 0 Å². The fraction of sp³-hybridized carbons (Fsp3) is 0.300. The van der Waals surface area contributed by atoms with Gasteiger partial charge in [0.1, 0.15) is 9.96 Å². The van der Waals surface area contributed by atoms with Crippen molar-refractivity contribution in [3.8, 4) is 5.75 Å². The molecule has 0 saturated heterocycles. The number of nitrogens with zero attached hydrogens (tertiary/aromatic N) is 2. The molecule has 10 heteroatoms. The molecule has 0 aliphatic carbocycles. The fourth-order valence-electron chi connectivity index (χ4n) is 2.61. The van der Waals surface area contributed by atoms with Gasteiger partial charge in [-0.2, -0.15) is 0 Å². The molecule has 1 N–H and O–H groups in total. The molecule has 3 rings (SSSR count). The second kappa shape index (κ2) is 9.77. The van der Waals surface area contributed by atoms with Gasteiger partial charge in [-0.15, -0.1) is 11.3 Å². The maximum absolute atomic E-state index is 12.6. The molecular weight excluding hydrogens is 426 g/mol. The lowest BCUT2D eigenvalue weighted by atomic mass is 10.2. The standard InChI is InChI=1S/C20H23N3O5S2/c1-3-4-6-15-13-19(28-22-15)21-18(24)14-27-17-10-8-16(9-11-17)23(2)30(25,26)20-7-5-12-29-20/h5,7-13H,3-4,6,14H2,1-2H3,(H,21,24). The molecule has 0 aliphatic rings. The second-order valence-corrected chi connectivity index (χ2v) is 9.67. The van der Waals surface area contributed by atoms with Gasteiger partial charge in [0.25, 0.3) is 15.9 Å². The second-order valence-electron chi connectivity index (χ2n) is 6.52. The Balaban J connectivity index is 1.53. The van der Waals surface area contributed by atoms with Gasteiger partial charge in [0.15, 0.2) is 6.61 Å². The van der Waals surface area contributed by atoms with E-state index in [4.69, 9.17) is 9.26 Å². The number of hydrogen-bond donors (Lipinski definition) is 1. The van der Waals surface area contributed by atoms with E-state index in [9.17, 15) is 13.2 Å². The topological polar surface area (TPSA) is 102 Å². The van der Waals surface area contributed by atoms with E-state index in [2.05, 4.69) is 17.4 Å². The summed E-state index contributed by atoms with van der Waals surface area (Å²) in [6.45, 7) is 1.88. The van der Waals surface area contributed by atoms with Crippen molar-refractivity contribution in [2.24, 2.45) is 0 Å². The molecule has 0 radical (unpaired) electrons. The largest absolute Gasteiger partial charge is 0.484 e. The van der Waals surface area contributed by atoms with Gasteiger partial charge in [0, 0.05) is 13.1 Å². The fourth-order valence-corrected chi connectivity index (χ4v) is 4.96. The van der Waals surface area contributed by atoms with Crippen molar-refractivity contribution in [2.45, 2.75) is 30.4 Å². The third-order valence-corrected chi connectivity index (χ3v) is 7.45. The highest BCUT2D eigenvalue weighted by Crippen LogP contribution is 2.26. The molecule has 0 unspecified atom stereocenters. The van der Waals surface area contributed by atoms with Gasteiger partial charge in [-0.1, -0.05) is 24.6 Å². The first kappa shape index (κ1) is 21.8. The quantitative estimate of drug-likeness (QED) is 0.503. The Labute approximate surface area is 179 Å². The first-order valence-electron chi connectivity index (χ1n) is 9.41. The maximum atomic E-state index is 12.6. The summed E-state index contributed by atoms with van der Waals surface area (Å²) in [6.07, 6.45) is 2.86. The number of anilines is 2. The molecule has 1 aromatic carbocycles. The summed E-state index contributed by atoms with van der Waals surface area (Å²) in [4.78, 5) is 12.0. The van der Waals surface area contributed by atoms with Crippen molar-refractivity contribution >= 4 is 38.8 Å². The number of ether oxygens (including phenoxy) is 1. The molecule has 2 aromatic heterocycles. The number of nitrogens with one attached hydrogen (secondary N) is 1. The van der Waals surface area contributed by atoms with Crippen LogP contribution < -0.4 is 14.4 Å². The Kier molecular flexibility index (Phi) is 7.11. The average Bonchev–Trinajstić information content (AvgIpc) is 3.43. The molecular formula is C20H23N3O5S2. The molecule has 8 nitrogen and oxygen atoms in total. The summed E-state index contributed by atoms with van der Waals surface area (Å²) in [6, 6.07) is 11.4. The van der Waals surface area contributed by atoms with E-state index in [1.807, 2.05) is 0 Å². The smallest absolute Gasteiger partial charge is 0.273 e. The molecule has 0 spiro atoms. The van der Waals surface area contributed by atoms with Crippen LogP contribution in [0.1, 0.15) is 25.5 Å². The summed E-state index contributed by atoms with van der Waals surface area (Å²) in [5.41, 5.74) is 1.28. The van der Waals surface area contributed by atoms with Crippen LogP contribution in [-0.2, 0) is 21.2 Å². The van der Waals surface area contributed by atoms with Gasteiger partial charge < -0.3 is 9.26 Å². The molecule has 0 aliphatic heterocycles. The zero-order chi connectivity index (χ0) is 21.6. The predicted molar refractivity (Wildman–Crippen MR) is 116 cm³/mol. The number of carbonyl (C=O) groups excluding carboxylic acids is 1. The normalized spacial score (nSPS) is 11.3. The highest BCUT2D eigenvalue weighted by molar-refractivity contribution is 7.94. The summed E-state index contributed by atoms with van der Waals surface area (Å²) in [7, 11) is -2.10. The maximum Gasteiger partial charge on any atom is 0.273 e. The first-order chi connectivity index (χ1) is 14.4. The Hall–Kier alpha value is -2.85. The summed E-state index contributed by atoms with van der Waals surface area (Å²) in [5, 5.41) is 8.22. The minimum Gasteiger partial charge on any atom is -0.484 e. The van der Waals surface area contributed by atoms with Gasteiger partial charge in [0.2, 0.25) is 5.88 Å². The van der Waals surface area contributed by atoms with Gasteiger partial charge >= 0.3 is 0 Å². The van der Waals surface area contributed by atoms with E-state index in [1.54, 1.807) is 47.8 Å². The zero-order valence-electron chi connectivity index (χ0n) is 16.7. The number of carbonyl (C=O) groups is 1. The molecule has 2 heterocycles. The predicted octanol–water partition coefficient (Wildman–Crippen LogP) is 3.92. The van der Waals surface area contributed by atoms with Crippen LogP contribution in [0.5, 0.6) is 5.75 Å². The monoisotopic (exact) mass is 449 g/mol. The van der Waals surface area contributed by atoms with Crippen LogP contribution >= 0.6 is 11.3 Å². The molecule has 0 fully saturated rings. The SMILES string of the molecule is CCCCc1cc(NC(=O)COc2ccc(N(C)S(=O)(=O)c3cccs3)cc2)on1. The highest BCUT2D eigenvalue weighted by Gasteiger charge is 2.22. The van der Waals surface area contributed by atoms with Crippen molar-refractivity contribution in [1.82, 2.24) is 5.16 Å². The van der Waals surface area contributed by atoms with Crippen molar-refractivity contribution in [1.29, 1.82) is 0 Å². The van der Waals surface area contributed by atoms with Crippen LogP contribution in [0.2, 0.25) is 0 Å². The number of aryl methyl sites for hydroxylation is 1. The van der Waals surface area contributed by atoms with Gasteiger partial charge in [0.05, 0.1) is 11.4 Å². The Bertz CT molecular complexity index is 1060. The van der Waals surface area contributed by atoms with Gasteiger partial charge in [-0.05, 0) is 48.6 Å². The van der Waals surface area contributed by atoms with Crippen LogP contribution in [0.4, 0.5) is 11.6 Å². The molecule has 1 amide bonds. The number of amides is 1. The number of thiophene rings is 1. The third-order valence-electron chi connectivity index (χ3n) is 4.29. The number of hydrogen-bond acceptors (Lipinski definition) is 7. The minimum atomic E-state index is -3.60. The minimum absolute atomic E-state index is 0.215. The van der Waals surface area contributed by atoms with Crippen molar-refractivity contribution in [3.05, 3.63) is 53.5 Å². The van der Waals surface area contributed by atoms with Crippen LogP contribution in [0, 0.1) is 0 Å². The molecule has 0 bridgehead atoms. The van der Waals surface area contributed by atoms with Crippen LogP contribution in [-0.4, -0.2) is 33.1 Å². The van der Waals surface area contributed by atoms with E-state index in [0.717, 1.165) is 36.3 Å². The number of unbranched alkanes of at least 4 members (excludes halogenated alkanes) is 1. The van der Waals surface area contributed by atoms with E-state index in [1.165, 1.54) is 11.4 Å². The molecule has 3 aromatic rings. The number of rotatable bonds is 10. The van der Waals surface area contributed by atoms with Crippen molar-refractivity contribution < 1.29 is 22.5 Å². The Morgan fingerprint density at radius 3 is 2.70 bits per heavy atom.